The Labute approximate surface area is 225 Å². The van der Waals surface area contributed by atoms with Crippen LogP contribution in [0.25, 0.3) is 0 Å². The number of hydrogen-bond donors (Lipinski definition) is 1. The van der Waals surface area contributed by atoms with E-state index in [0.717, 1.165) is 88.1 Å². The van der Waals surface area contributed by atoms with Crippen LogP contribution in [0.4, 0.5) is 17.5 Å². The van der Waals surface area contributed by atoms with Crippen LogP contribution in [0.2, 0.25) is 0 Å². The maximum absolute atomic E-state index is 13.3. The molecule has 2 aromatic rings. The first-order valence-electron chi connectivity index (χ1n) is 14.3. The van der Waals surface area contributed by atoms with E-state index in [1.54, 1.807) is 24.3 Å². The van der Waals surface area contributed by atoms with E-state index in [-0.39, 0.29) is 22.6 Å². The van der Waals surface area contributed by atoms with Crippen molar-refractivity contribution in [3.8, 4) is 0 Å². The van der Waals surface area contributed by atoms with E-state index >= 15 is 0 Å². The normalized spacial score (nSPS) is 24.9. The number of nitrogens with zero attached hydrogens (tertiary/aromatic N) is 4. The average Bonchev–Trinajstić information content (AvgIpc) is 3.82. The van der Waals surface area contributed by atoms with Gasteiger partial charge in [-0.25, -0.2) is 13.4 Å². The zero-order chi connectivity index (χ0) is 26.3. The van der Waals surface area contributed by atoms with Crippen LogP contribution in [0.15, 0.2) is 35.4 Å². The Morgan fingerprint density at radius 1 is 1.08 bits per heavy atom. The molecule has 9 heteroatoms. The first-order valence-corrected chi connectivity index (χ1v) is 15.8. The number of amides is 1. The number of benzene rings is 1. The monoisotopic (exact) mass is 535 g/mol. The minimum atomic E-state index is -3.34. The lowest BCUT2D eigenvalue weighted by molar-refractivity contribution is -0.120. The Morgan fingerprint density at radius 2 is 1.76 bits per heavy atom. The number of rotatable bonds is 7. The molecule has 3 aliphatic carbocycles. The third-order valence-electron chi connectivity index (χ3n) is 10.2. The number of piperidine rings is 1. The first-order chi connectivity index (χ1) is 18.2. The number of anilines is 3. The fourth-order valence-corrected chi connectivity index (χ4v) is 9.14. The highest BCUT2D eigenvalue weighted by Gasteiger charge is 2.62. The molecule has 1 saturated heterocycles. The lowest BCUT2D eigenvalue weighted by Crippen LogP contribution is -2.51. The zero-order valence-electron chi connectivity index (χ0n) is 22.3. The summed E-state index contributed by atoms with van der Waals surface area (Å²) < 4.78 is 26.6. The third-order valence-corrected chi connectivity index (χ3v) is 12.3. The summed E-state index contributed by atoms with van der Waals surface area (Å²) in [7, 11) is -3.34. The van der Waals surface area contributed by atoms with Gasteiger partial charge in [-0.2, -0.15) is 4.98 Å². The Kier molecular flexibility index (Phi) is 5.48. The molecule has 0 radical (unpaired) electrons. The van der Waals surface area contributed by atoms with Gasteiger partial charge in [-0.05, 0) is 114 Å². The van der Waals surface area contributed by atoms with Crippen LogP contribution in [0.1, 0.15) is 70.8 Å². The molecule has 38 heavy (non-hydrogen) atoms. The summed E-state index contributed by atoms with van der Waals surface area (Å²) in [5.41, 5.74) is 1.51. The number of carbonyl (C=O) groups excluding carboxylic acids is 1. The van der Waals surface area contributed by atoms with Crippen LogP contribution in [0, 0.1) is 11.3 Å². The van der Waals surface area contributed by atoms with Crippen LogP contribution in [0.3, 0.4) is 0 Å². The van der Waals surface area contributed by atoms with Crippen LogP contribution in [-0.4, -0.2) is 60.1 Å². The van der Waals surface area contributed by atoms with Crippen molar-refractivity contribution < 1.29 is 13.2 Å². The summed E-state index contributed by atoms with van der Waals surface area (Å²) >= 11 is 0. The third kappa shape index (κ3) is 3.79. The Balaban J connectivity index is 1.05. The SMILES string of the molecule is CCN1CCC2(CC1)CC(S(=O)(=O)c1ccc(Nc3ncc4c(n3)N(C(C)C3CC3)C(=O)C43CC3)cc1)C2. The molecule has 1 amide bonds. The second-order valence-corrected chi connectivity index (χ2v) is 14.7. The van der Waals surface area contributed by atoms with E-state index in [1.807, 2.05) is 11.1 Å². The highest BCUT2D eigenvalue weighted by atomic mass is 32.2. The van der Waals surface area contributed by atoms with Gasteiger partial charge in [0, 0.05) is 23.5 Å². The van der Waals surface area contributed by atoms with Gasteiger partial charge in [0.05, 0.1) is 15.6 Å². The molecule has 1 N–H and O–H groups in total. The predicted octanol–water partition coefficient (Wildman–Crippen LogP) is 4.44. The Morgan fingerprint density at radius 3 is 2.37 bits per heavy atom. The van der Waals surface area contributed by atoms with Gasteiger partial charge < -0.3 is 10.2 Å². The maximum Gasteiger partial charge on any atom is 0.239 e. The van der Waals surface area contributed by atoms with Gasteiger partial charge in [0.2, 0.25) is 11.9 Å². The lowest BCUT2D eigenvalue weighted by Gasteiger charge is -2.51. The fourth-order valence-electron chi connectivity index (χ4n) is 7.10. The predicted molar refractivity (Wildman–Crippen MR) is 146 cm³/mol. The van der Waals surface area contributed by atoms with Gasteiger partial charge in [0.1, 0.15) is 5.82 Å². The molecule has 2 aliphatic heterocycles. The molecule has 1 atom stereocenters. The van der Waals surface area contributed by atoms with Gasteiger partial charge in [-0.15, -0.1) is 0 Å². The van der Waals surface area contributed by atoms with Crippen molar-refractivity contribution in [1.29, 1.82) is 0 Å². The van der Waals surface area contributed by atoms with Crippen molar-refractivity contribution in [3.05, 3.63) is 36.0 Å². The summed E-state index contributed by atoms with van der Waals surface area (Å²) in [5.74, 6) is 1.90. The van der Waals surface area contributed by atoms with E-state index in [0.29, 0.717) is 16.8 Å². The Hall–Kier alpha value is -2.52. The molecule has 1 unspecified atom stereocenters. The number of carbonyl (C=O) groups is 1. The van der Waals surface area contributed by atoms with Gasteiger partial charge in [-0.3, -0.25) is 9.69 Å². The zero-order valence-corrected chi connectivity index (χ0v) is 23.1. The smallest absolute Gasteiger partial charge is 0.239 e. The summed E-state index contributed by atoms with van der Waals surface area (Å²) in [6.45, 7) is 7.57. The molecule has 5 aliphatic rings. The quantitative estimate of drug-likeness (QED) is 0.560. The van der Waals surface area contributed by atoms with Gasteiger partial charge in [-0.1, -0.05) is 6.92 Å². The topological polar surface area (TPSA) is 95.5 Å². The molecule has 8 nitrogen and oxygen atoms in total. The van der Waals surface area contributed by atoms with E-state index < -0.39 is 15.3 Å². The summed E-state index contributed by atoms with van der Waals surface area (Å²) in [6, 6.07) is 7.11. The maximum atomic E-state index is 13.3. The number of hydrogen-bond acceptors (Lipinski definition) is 7. The second kappa shape index (κ2) is 8.49. The molecule has 3 heterocycles. The molecule has 0 bridgehead atoms. The van der Waals surface area contributed by atoms with Crippen molar-refractivity contribution in [1.82, 2.24) is 14.9 Å². The summed E-state index contributed by atoms with van der Waals surface area (Å²) in [6.07, 6.45) is 9.68. The lowest BCUT2D eigenvalue weighted by atomic mass is 9.63. The number of likely N-dealkylation sites (tertiary alicyclic amines) is 1. The van der Waals surface area contributed by atoms with Gasteiger partial charge >= 0.3 is 0 Å². The molecule has 202 valence electrons. The number of nitrogens with one attached hydrogen (secondary N) is 1. The molecule has 4 fully saturated rings. The van der Waals surface area contributed by atoms with Crippen molar-refractivity contribution in [3.63, 3.8) is 0 Å². The number of aromatic nitrogens is 2. The van der Waals surface area contributed by atoms with Crippen LogP contribution in [-0.2, 0) is 20.0 Å². The Bertz CT molecular complexity index is 1370. The van der Waals surface area contributed by atoms with E-state index in [4.69, 9.17) is 4.98 Å². The number of fused-ring (bicyclic) bond motifs is 2. The average molecular weight is 536 g/mol. The summed E-state index contributed by atoms with van der Waals surface area (Å²) in [4.78, 5) is 27.4. The molecular weight excluding hydrogens is 498 g/mol. The van der Waals surface area contributed by atoms with Crippen LogP contribution >= 0.6 is 0 Å². The van der Waals surface area contributed by atoms with Gasteiger partial charge in [0.15, 0.2) is 9.84 Å². The first kappa shape index (κ1) is 24.5. The van der Waals surface area contributed by atoms with Crippen molar-refractivity contribution in [2.45, 2.75) is 86.8 Å². The standard InChI is InChI=1S/C29H37N5O3S/c1-3-33-14-12-28(13-15-33)16-23(17-28)38(36,37)22-8-6-21(7-9-22)31-27-30-18-24-25(32-27)34(19(2)20-4-5-20)26(35)29(24)10-11-29/h6-9,18-20,23H,3-5,10-17H2,1-2H3,(H,30,31,32). The van der Waals surface area contributed by atoms with Crippen molar-refractivity contribution in [2.24, 2.45) is 11.3 Å². The highest BCUT2D eigenvalue weighted by molar-refractivity contribution is 7.92. The van der Waals surface area contributed by atoms with Crippen molar-refractivity contribution >= 4 is 33.2 Å². The molecule has 3 saturated carbocycles. The minimum Gasteiger partial charge on any atom is -0.324 e. The molecule has 7 rings (SSSR count). The summed E-state index contributed by atoms with van der Waals surface area (Å²) in [5, 5.41) is 2.96. The van der Waals surface area contributed by atoms with Crippen LogP contribution in [0.5, 0.6) is 0 Å². The minimum absolute atomic E-state index is 0.151. The van der Waals surface area contributed by atoms with Crippen LogP contribution < -0.4 is 10.2 Å². The van der Waals surface area contributed by atoms with E-state index in [1.165, 1.54) is 0 Å². The second-order valence-electron chi connectivity index (χ2n) is 12.4. The van der Waals surface area contributed by atoms with E-state index in [2.05, 4.69) is 29.0 Å². The van der Waals surface area contributed by atoms with E-state index in [9.17, 15) is 13.2 Å². The molecule has 1 aromatic carbocycles. The molecular formula is C29H37N5O3S. The largest absolute Gasteiger partial charge is 0.324 e. The fraction of sp³-hybridized carbons (Fsp3) is 0.621. The number of sulfone groups is 1. The highest BCUT2D eigenvalue weighted by Crippen LogP contribution is 2.58. The molecule has 1 aromatic heterocycles. The van der Waals surface area contributed by atoms with Crippen molar-refractivity contribution in [2.75, 3.05) is 29.9 Å². The van der Waals surface area contributed by atoms with Gasteiger partial charge in [0.25, 0.3) is 0 Å². The molecule has 2 spiro atoms.